The zero-order chi connectivity index (χ0) is 13.6. The quantitative estimate of drug-likeness (QED) is 0.776. The third-order valence-electron chi connectivity index (χ3n) is 2.64. The Morgan fingerprint density at radius 1 is 1.37 bits per heavy atom. The van der Waals surface area contributed by atoms with Crippen LogP contribution in [0.2, 0.25) is 8.67 Å². The molecule has 3 aromatic rings. The Balaban J connectivity index is 2.16. The number of carboxylic acid groups (broad SMARTS) is 1. The SMILES string of the molecule is O=C(O)c1ccn2cc(-c3cc(Cl)sc3Cl)nc2c1. The van der Waals surface area contributed by atoms with Crippen LogP contribution in [0.3, 0.4) is 0 Å². The second-order valence-corrected chi connectivity index (χ2v) is 6.14. The molecule has 3 rings (SSSR count). The lowest BCUT2D eigenvalue weighted by atomic mass is 10.3. The summed E-state index contributed by atoms with van der Waals surface area (Å²) in [5.74, 6) is -0.983. The van der Waals surface area contributed by atoms with E-state index in [1.54, 1.807) is 22.9 Å². The molecule has 0 radical (unpaired) electrons. The van der Waals surface area contributed by atoms with E-state index in [1.807, 2.05) is 0 Å². The van der Waals surface area contributed by atoms with Gasteiger partial charge < -0.3 is 9.51 Å². The van der Waals surface area contributed by atoms with Crippen LogP contribution in [-0.4, -0.2) is 20.5 Å². The molecular formula is C12H6Cl2N2O2S. The van der Waals surface area contributed by atoms with E-state index < -0.39 is 5.97 Å². The second kappa shape index (κ2) is 4.52. The Labute approximate surface area is 121 Å². The van der Waals surface area contributed by atoms with Crippen molar-refractivity contribution in [1.82, 2.24) is 9.38 Å². The van der Waals surface area contributed by atoms with Gasteiger partial charge in [-0.05, 0) is 18.2 Å². The monoisotopic (exact) mass is 312 g/mol. The van der Waals surface area contributed by atoms with Crippen LogP contribution < -0.4 is 0 Å². The standard InChI is InChI=1S/C12H6Cl2N2O2S/c13-9-4-7(11(14)19-9)8-5-16-2-1-6(12(17)18)3-10(16)15-8/h1-5H,(H,17,18). The predicted octanol–water partition coefficient (Wildman–Crippen LogP) is 4.07. The van der Waals surface area contributed by atoms with Crippen molar-refractivity contribution in [3.63, 3.8) is 0 Å². The molecule has 0 fully saturated rings. The van der Waals surface area contributed by atoms with E-state index in [2.05, 4.69) is 4.98 Å². The van der Waals surface area contributed by atoms with Crippen molar-refractivity contribution in [2.45, 2.75) is 0 Å². The first kappa shape index (κ1) is 12.5. The minimum Gasteiger partial charge on any atom is -0.478 e. The molecule has 3 heterocycles. The van der Waals surface area contributed by atoms with E-state index in [0.717, 1.165) is 5.56 Å². The number of thiophene rings is 1. The molecule has 19 heavy (non-hydrogen) atoms. The van der Waals surface area contributed by atoms with Gasteiger partial charge in [-0.1, -0.05) is 23.2 Å². The summed E-state index contributed by atoms with van der Waals surface area (Å²) in [6.45, 7) is 0. The van der Waals surface area contributed by atoms with Crippen LogP contribution in [0.1, 0.15) is 10.4 Å². The van der Waals surface area contributed by atoms with Crippen LogP contribution in [0.5, 0.6) is 0 Å². The Morgan fingerprint density at radius 3 is 2.79 bits per heavy atom. The van der Waals surface area contributed by atoms with E-state index in [-0.39, 0.29) is 5.56 Å². The number of halogens is 2. The fraction of sp³-hybridized carbons (Fsp3) is 0. The molecule has 7 heteroatoms. The van der Waals surface area contributed by atoms with Gasteiger partial charge in [-0.25, -0.2) is 9.78 Å². The van der Waals surface area contributed by atoms with E-state index in [0.29, 0.717) is 20.0 Å². The van der Waals surface area contributed by atoms with Crippen LogP contribution in [0.4, 0.5) is 0 Å². The molecule has 0 amide bonds. The molecule has 3 aromatic heterocycles. The molecule has 0 bridgehead atoms. The minimum atomic E-state index is -0.983. The van der Waals surface area contributed by atoms with Crippen LogP contribution in [0.15, 0.2) is 30.6 Å². The summed E-state index contributed by atoms with van der Waals surface area (Å²) >= 11 is 13.3. The number of carboxylic acids is 1. The lowest BCUT2D eigenvalue weighted by Crippen LogP contribution is -1.96. The lowest BCUT2D eigenvalue weighted by Gasteiger charge is -1.94. The number of hydrogen-bond donors (Lipinski definition) is 1. The third-order valence-corrected chi connectivity index (χ3v) is 4.13. The number of pyridine rings is 1. The molecule has 96 valence electrons. The fourth-order valence-electron chi connectivity index (χ4n) is 1.76. The lowest BCUT2D eigenvalue weighted by molar-refractivity contribution is 0.0697. The van der Waals surface area contributed by atoms with Crippen LogP contribution in [-0.2, 0) is 0 Å². The normalized spacial score (nSPS) is 11.1. The summed E-state index contributed by atoms with van der Waals surface area (Å²) in [6.07, 6.45) is 3.43. The van der Waals surface area contributed by atoms with Crippen molar-refractivity contribution in [3.8, 4) is 11.3 Å². The van der Waals surface area contributed by atoms with Gasteiger partial charge in [-0.15, -0.1) is 11.3 Å². The van der Waals surface area contributed by atoms with E-state index in [9.17, 15) is 4.79 Å². The summed E-state index contributed by atoms with van der Waals surface area (Å²) < 4.78 is 2.89. The van der Waals surface area contributed by atoms with Gasteiger partial charge in [0.1, 0.15) is 9.98 Å². The van der Waals surface area contributed by atoms with Crippen LogP contribution in [0.25, 0.3) is 16.9 Å². The average molecular weight is 313 g/mol. The van der Waals surface area contributed by atoms with Crippen molar-refractivity contribution in [3.05, 3.63) is 44.8 Å². The number of rotatable bonds is 2. The van der Waals surface area contributed by atoms with Gasteiger partial charge >= 0.3 is 5.97 Å². The number of aromatic nitrogens is 2. The van der Waals surface area contributed by atoms with Crippen LogP contribution >= 0.6 is 34.5 Å². The first-order valence-electron chi connectivity index (χ1n) is 5.22. The van der Waals surface area contributed by atoms with Gasteiger partial charge in [-0.2, -0.15) is 0 Å². The maximum atomic E-state index is 10.9. The molecule has 0 spiro atoms. The topological polar surface area (TPSA) is 54.6 Å². The molecule has 4 nitrogen and oxygen atoms in total. The highest BCUT2D eigenvalue weighted by Crippen LogP contribution is 2.37. The van der Waals surface area contributed by atoms with Crippen molar-refractivity contribution in [2.75, 3.05) is 0 Å². The molecule has 0 saturated heterocycles. The van der Waals surface area contributed by atoms with Gasteiger partial charge in [0.25, 0.3) is 0 Å². The maximum absolute atomic E-state index is 10.9. The Kier molecular flexibility index (Phi) is 2.97. The number of carbonyl (C=O) groups is 1. The van der Waals surface area contributed by atoms with Gasteiger partial charge in [0.05, 0.1) is 15.6 Å². The van der Waals surface area contributed by atoms with E-state index in [4.69, 9.17) is 28.3 Å². The molecular weight excluding hydrogens is 307 g/mol. The molecule has 0 aliphatic carbocycles. The third kappa shape index (κ3) is 2.20. The molecule has 0 saturated carbocycles. The second-order valence-electron chi connectivity index (χ2n) is 3.85. The van der Waals surface area contributed by atoms with E-state index in [1.165, 1.54) is 23.5 Å². The highest BCUT2D eigenvalue weighted by atomic mass is 35.5. The van der Waals surface area contributed by atoms with Crippen molar-refractivity contribution in [2.24, 2.45) is 0 Å². The molecule has 0 unspecified atom stereocenters. The first-order valence-corrected chi connectivity index (χ1v) is 6.79. The Bertz CT molecular complexity index is 794. The van der Waals surface area contributed by atoms with Crippen molar-refractivity contribution in [1.29, 1.82) is 0 Å². The largest absolute Gasteiger partial charge is 0.478 e. The Morgan fingerprint density at radius 2 is 2.16 bits per heavy atom. The molecule has 0 aliphatic rings. The van der Waals surface area contributed by atoms with E-state index >= 15 is 0 Å². The van der Waals surface area contributed by atoms with Gasteiger partial charge in [-0.3, -0.25) is 0 Å². The average Bonchev–Trinajstić information content (AvgIpc) is 2.90. The number of imidazole rings is 1. The maximum Gasteiger partial charge on any atom is 0.335 e. The van der Waals surface area contributed by atoms with Gasteiger partial charge in [0.15, 0.2) is 0 Å². The highest BCUT2D eigenvalue weighted by molar-refractivity contribution is 7.20. The van der Waals surface area contributed by atoms with Crippen molar-refractivity contribution >= 4 is 46.2 Å². The minimum absolute atomic E-state index is 0.194. The first-order chi connectivity index (χ1) is 9.04. The number of hydrogen-bond acceptors (Lipinski definition) is 3. The summed E-state index contributed by atoms with van der Waals surface area (Å²) in [5.41, 5.74) is 2.15. The molecule has 0 aromatic carbocycles. The fourth-order valence-corrected chi connectivity index (χ4v) is 3.24. The Hall–Kier alpha value is -1.56. The molecule has 0 aliphatic heterocycles. The number of nitrogens with zero attached hydrogens (tertiary/aromatic N) is 2. The smallest absolute Gasteiger partial charge is 0.335 e. The number of fused-ring (bicyclic) bond motifs is 1. The molecule has 1 N–H and O–H groups in total. The predicted molar refractivity (Wildman–Crippen MR) is 75.5 cm³/mol. The van der Waals surface area contributed by atoms with Crippen LogP contribution in [0, 0.1) is 0 Å². The zero-order valence-electron chi connectivity index (χ0n) is 9.30. The summed E-state index contributed by atoms with van der Waals surface area (Å²) in [5, 5.41) is 8.94. The summed E-state index contributed by atoms with van der Waals surface area (Å²) in [4.78, 5) is 15.3. The van der Waals surface area contributed by atoms with Gasteiger partial charge in [0.2, 0.25) is 0 Å². The molecule has 0 atom stereocenters. The summed E-state index contributed by atoms with van der Waals surface area (Å²) in [7, 11) is 0. The highest BCUT2D eigenvalue weighted by Gasteiger charge is 2.13. The van der Waals surface area contributed by atoms with Gasteiger partial charge in [0, 0.05) is 18.0 Å². The number of aromatic carboxylic acids is 1. The summed E-state index contributed by atoms with van der Waals surface area (Å²) in [6, 6.07) is 4.77. The zero-order valence-corrected chi connectivity index (χ0v) is 11.6. The van der Waals surface area contributed by atoms with Crippen molar-refractivity contribution < 1.29 is 9.90 Å².